The van der Waals surface area contributed by atoms with E-state index in [-0.39, 0.29) is 22.9 Å². The van der Waals surface area contributed by atoms with Gasteiger partial charge in [-0.25, -0.2) is 4.63 Å². The van der Waals surface area contributed by atoms with Crippen LogP contribution < -0.4 is 11.1 Å². The van der Waals surface area contributed by atoms with Crippen LogP contribution in [0.25, 0.3) is 0 Å². The van der Waals surface area contributed by atoms with Gasteiger partial charge < -0.3 is 11.1 Å². The largest absolute Gasteiger partial charge is 0.379 e. The number of amides is 1. The molecule has 0 saturated heterocycles. The second-order valence-corrected chi connectivity index (χ2v) is 3.23. The number of para-hydroxylation sites is 2. The van der Waals surface area contributed by atoms with Crippen molar-refractivity contribution in [1.29, 1.82) is 0 Å². The number of rotatable bonds is 3. The zero-order chi connectivity index (χ0) is 13.1. The smallest absolute Gasteiger partial charge is 0.292 e. The number of nitrogen functional groups attached to an aromatic ring is 1. The molecule has 3 N–H and O–H groups in total. The molecule has 0 spiro atoms. The van der Waals surface area contributed by atoms with E-state index in [1.165, 1.54) is 18.2 Å². The number of nitro benzene ring substituents is 1. The van der Waals surface area contributed by atoms with Gasteiger partial charge >= 0.3 is 0 Å². The highest BCUT2D eigenvalue weighted by Crippen LogP contribution is 2.23. The van der Waals surface area contributed by atoms with Gasteiger partial charge in [-0.2, -0.15) is 0 Å². The molecule has 1 heterocycles. The highest BCUT2D eigenvalue weighted by Gasteiger charge is 2.20. The highest BCUT2D eigenvalue weighted by molar-refractivity contribution is 6.06. The Hall–Kier alpha value is -2.97. The minimum absolute atomic E-state index is 0.0369. The number of benzene rings is 1. The molecule has 0 saturated carbocycles. The lowest BCUT2D eigenvalue weighted by Crippen LogP contribution is -2.15. The van der Waals surface area contributed by atoms with Gasteiger partial charge in [0.2, 0.25) is 11.5 Å². The number of hydrogen-bond acceptors (Lipinski definition) is 7. The number of nitrogens with zero attached hydrogens (tertiary/aromatic N) is 3. The topological polar surface area (TPSA) is 137 Å². The molecule has 18 heavy (non-hydrogen) atoms. The molecule has 2 rings (SSSR count). The molecule has 9 heteroatoms. The predicted molar refractivity (Wildman–Crippen MR) is 59.8 cm³/mol. The molecule has 0 aliphatic rings. The Bertz CT molecular complexity index is 609. The summed E-state index contributed by atoms with van der Waals surface area (Å²) in [7, 11) is 0. The molecule has 9 nitrogen and oxygen atoms in total. The van der Waals surface area contributed by atoms with E-state index in [1.54, 1.807) is 6.07 Å². The summed E-state index contributed by atoms with van der Waals surface area (Å²) in [6, 6.07) is 5.69. The normalized spacial score (nSPS) is 10.0. The fourth-order valence-corrected chi connectivity index (χ4v) is 1.27. The number of nitro groups is 1. The average molecular weight is 249 g/mol. The number of carbonyl (C=O) groups is 1. The molecule has 1 aromatic heterocycles. The molecule has 0 atom stereocenters. The van der Waals surface area contributed by atoms with Crippen LogP contribution in [0.2, 0.25) is 0 Å². The van der Waals surface area contributed by atoms with E-state index in [4.69, 9.17) is 5.73 Å². The van der Waals surface area contributed by atoms with Gasteiger partial charge in [0, 0.05) is 6.07 Å². The zero-order valence-electron chi connectivity index (χ0n) is 8.86. The van der Waals surface area contributed by atoms with E-state index in [1.807, 2.05) is 0 Å². The van der Waals surface area contributed by atoms with Crippen LogP contribution in [0.3, 0.4) is 0 Å². The van der Waals surface area contributed by atoms with E-state index in [0.717, 1.165) is 0 Å². The monoisotopic (exact) mass is 249 g/mol. The first-order valence-corrected chi connectivity index (χ1v) is 4.72. The van der Waals surface area contributed by atoms with Crippen LogP contribution in [0.15, 0.2) is 28.9 Å². The predicted octanol–water partition coefficient (Wildman–Crippen LogP) is 0.812. The standard InChI is InChI=1S/C9H7N5O4/c10-8-7(12-18-13-8)9(15)11-5-3-1-2-4-6(5)14(16)17/h1-4H,(H2,10,13)(H,11,15). The van der Waals surface area contributed by atoms with Crippen molar-refractivity contribution in [2.24, 2.45) is 0 Å². The summed E-state index contributed by atoms with van der Waals surface area (Å²) in [5.41, 5.74) is 4.90. The molecule has 0 unspecified atom stereocenters. The van der Waals surface area contributed by atoms with E-state index in [9.17, 15) is 14.9 Å². The van der Waals surface area contributed by atoms with Gasteiger partial charge in [0.1, 0.15) is 5.69 Å². The maximum Gasteiger partial charge on any atom is 0.292 e. The Labute approximate surface area is 99.7 Å². The molecular weight excluding hydrogens is 242 g/mol. The number of carbonyl (C=O) groups excluding carboxylic acids is 1. The molecule has 0 aliphatic carbocycles. The Morgan fingerprint density at radius 3 is 2.72 bits per heavy atom. The molecule has 2 aromatic rings. The van der Waals surface area contributed by atoms with Crippen LogP contribution in [-0.2, 0) is 0 Å². The van der Waals surface area contributed by atoms with Crippen LogP contribution in [0.4, 0.5) is 17.2 Å². The summed E-state index contributed by atoms with van der Waals surface area (Å²) in [4.78, 5) is 21.8. The summed E-state index contributed by atoms with van der Waals surface area (Å²) < 4.78 is 4.26. The number of aromatic nitrogens is 2. The molecule has 0 fully saturated rings. The molecule has 1 amide bonds. The van der Waals surface area contributed by atoms with E-state index in [0.29, 0.717) is 0 Å². The molecule has 0 radical (unpaired) electrons. The Balaban J connectivity index is 2.28. The van der Waals surface area contributed by atoms with Gasteiger partial charge in [-0.15, -0.1) is 0 Å². The number of hydrogen-bond donors (Lipinski definition) is 2. The Kier molecular flexibility index (Phi) is 2.87. The minimum Gasteiger partial charge on any atom is -0.379 e. The summed E-state index contributed by atoms with van der Waals surface area (Å²) >= 11 is 0. The van der Waals surface area contributed by atoms with Gasteiger partial charge in [0.25, 0.3) is 11.6 Å². The summed E-state index contributed by atoms with van der Waals surface area (Å²) in [6.45, 7) is 0. The maximum atomic E-state index is 11.7. The molecule has 0 bridgehead atoms. The molecular formula is C9H7N5O4. The SMILES string of the molecule is Nc1nonc1C(=O)Nc1ccccc1[N+](=O)[O-]. The molecule has 0 aliphatic heterocycles. The van der Waals surface area contributed by atoms with Crippen molar-refractivity contribution in [1.82, 2.24) is 10.3 Å². The van der Waals surface area contributed by atoms with E-state index in [2.05, 4.69) is 20.3 Å². The Morgan fingerprint density at radius 2 is 2.11 bits per heavy atom. The van der Waals surface area contributed by atoms with E-state index >= 15 is 0 Å². The average Bonchev–Trinajstić information content (AvgIpc) is 2.76. The lowest BCUT2D eigenvalue weighted by Gasteiger charge is -2.03. The zero-order valence-corrected chi connectivity index (χ0v) is 8.86. The lowest BCUT2D eigenvalue weighted by molar-refractivity contribution is -0.383. The van der Waals surface area contributed by atoms with Gasteiger partial charge in [0.05, 0.1) is 4.92 Å². The van der Waals surface area contributed by atoms with Crippen molar-refractivity contribution < 1.29 is 14.3 Å². The minimum atomic E-state index is -0.733. The second-order valence-electron chi connectivity index (χ2n) is 3.23. The van der Waals surface area contributed by atoms with Crippen LogP contribution >= 0.6 is 0 Å². The van der Waals surface area contributed by atoms with Crippen molar-refractivity contribution in [3.05, 3.63) is 40.1 Å². The maximum absolute atomic E-state index is 11.7. The third kappa shape index (κ3) is 2.09. The van der Waals surface area contributed by atoms with Crippen molar-refractivity contribution >= 4 is 23.1 Å². The lowest BCUT2D eigenvalue weighted by atomic mass is 10.2. The fourth-order valence-electron chi connectivity index (χ4n) is 1.27. The highest BCUT2D eigenvalue weighted by atomic mass is 16.6. The van der Waals surface area contributed by atoms with Crippen molar-refractivity contribution in [2.45, 2.75) is 0 Å². The van der Waals surface area contributed by atoms with Crippen molar-refractivity contribution in [3.8, 4) is 0 Å². The van der Waals surface area contributed by atoms with Crippen LogP contribution in [0.1, 0.15) is 10.5 Å². The number of anilines is 2. The second kappa shape index (κ2) is 4.49. The first-order valence-electron chi connectivity index (χ1n) is 4.72. The van der Waals surface area contributed by atoms with Crippen LogP contribution in [-0.4, -0.2) is 21.1 Å². The third-order valence-electron chi connectivity index (χ3n) is 2.08. The molecule has 92 valence electrons. The molecule has 1 aromatic carbocycles. The number of nitrogens with one attached hydrogen (secondary N) is 1. The third-order valence-corrected chi connectivity index (χ3v) is 2.08. The number of nitrogens with two attached hydrogens (primary N) is 1. The quantitative estimate of drug-likeness (QED) is 0.606. The van der Waals surface area contributed by atoms with Gasteiger partial charge in [-0.05, 0) is 16.4 Å². The summed E-state index contributed by atoms with van der Waals surface area (Å²) in [6.07, 6.45) is 0. The summed E-state index contributed by atoms with van der Waals surface area (Å²) in [5.74, 6) is -0.922. The first-order chi connectivity index (χ1) is 8.59. The summed E-state index contributed by atoms with van der Waals surface area (Å²) in [5, 5.41) is 19.6. The first kappa shape index (κ1) is 11.5. The van der Waals surface area contributed by atoms with Crippen molar-refractivity contribution in [2.75, 3.05) is 11.1 Å². The van der Waals surface area contributed by atoms with Crippen LogP contribution in [0.5, 0.6) is 0 Å². The Morgan fingerprint density at radius 1 is 1.39 bits per heavy atom. The fraction of sp³-hybridized carbons (Fsp3) is 0. The van der Waals surface area contributed by atoms with Gasteiger partial charge in [-0.3, -0.25) is 14.9 Å². The van der Waals surface area contributed by atoms with Gasteiger partial charge in [-0.1, -0.05) is 12.1 Å². The van der Waals surface area contributed by atoms with Crippen molar-refractivity contribution in [3.63, 3.8) is 0 Å². The van der Waals surface area contributed by atoms with Gasteiger partial charge in [0.15, 0.2) is 0 Å². The van der Waals surface area contributed by atoms with Crippen LogP contribution in [0, 0.1) is 10.1 Å². The van der Waals surface area contributed by atoms with E-state index < -0.39 is 10.8 Å².